The molecule has 0 nitrogen and oxygen atoms in total. The molecular formula is C13H15Zr-. The molecule has 2 aromatic rings. The number of fused-ring (bicyclic) bond motifs is 1. The van der Waals surface area contributed by atoms with E-state index >= 15 is 0 Å². The summed E-state index contributed by atoms with van der Waals surface area (Å²) >= 11 is 0. The number of aryl methyl sites for hydroxylation is 1. The van der Waals surface area contributed by atoms with Crippen LogP contribution in [0.15, 0.2) is 30.3 Å². The third kappa shape index (κ3) is 2.03. The SMILES string of the molecule is Cc1cc2c(C(C)C)cccc2[cH-]1.[Zr]. The maximum absolute atomic E-state index is 2.28. The molecule has 0 saturated carbocycles. The van der Waals surface area contributed by atoms with E-state index in [0.29, 0.717) is 5.92 Å². The third-order valence-electron chi connectivity index (χ3n) is 2.55. The summed E-state index contributed by atoms with van der Waals surface area (Å²) in [6.45, 7) is 6.65. The maximum atomic E-state index is 2.28. The van der Waals surface area contributed by atoms with E-state index < -0.39 is 0 Å². The zero-order valence-corrected chi connectivity index (χ0v) is 11.4. The van der Waals surface area contributed by atoms with Crippen molar-refractivity contribution in [2.45, 2.75) is 26.7 Å². The van der Waals surface area contributed by atoms with Crippen LogP contribution >= 0.6 is 0 Å². The fourth-order valence-corrected chi connectivity index (χ4v) is 1.91. The van der Waals surface area contributed by atoms with Crippen molar-refractivity contribution < 1.29 is 26.2 Å². The van der Waals surface area contributed by atoms with Gasteiger partial charge in [-0.3, -0.25) is 0 Å². The van der Waals surface area contributed by atoms with E-state index in [4.69, 9.17) is 0 Å². The zero-order valence-electron chi connectivity index (χ0n) is 8.96. The molecule has 0 aliphatic heterocycles. The molecule has 0 aliphatic carbocycles. The van der Waals surface area contributed by atoms with Gasteiger partial charge in [-0.2, -0.15) is 6.07 Å². The van der Waals surface area contributed by atoms with Crippen molar-refractivity contribution in [1.29, 1.82) is 0 Å². The minimum Gasteiger partial charge on any atom is -0.165 e. The van der Waals surface area contributed by atoms with Crippen LogP contribution in [0.25, 0.3) is 10.8 Å². The molecule has 0 fully saturated rings. The van der Waals surface area contributed by atoms with Gasteiger partial charge in [-0.05, 0) is 5.92 Å². The summed E-state index contributed by atoms with van der Waals surface area (Å²) in [7, 11) is 0. The van der Waals surface area contributed by atoms with Crippen LogP contribution < -0.4 is 0 Å². The van der Waals surface area contributed by atoms with Gasteiger partial charge in [0.15, 0.2) is 0 Å². The molecule has 0 aromatic heterocycles. The van der Waals surface area contributed by atoms with Gasteiger partial charge in [0, 0.05) is 26.2 Å². The minimum absolute atomic E-state index is 0. The monoisotopic (exact) mass is 261 g/mol. The van der Waals surface area contributed by atoms with E-state index in [1.165, 1.54) is 21.9 Å². The van der Waals surface area contributed by atoms with E-state index in [1.807, 2.05) is 0 Å². The van der Waals surface area contributed by atoms with Crippen molar-refractivity contribution in [1.82, 2.24) is 0 Å². The maximum Gasteiger partial charge on any atom is 0 e. The first-order chi connectivity index (χ1) is 6.18. The summed E-state index contributed by atoms with van der Waals surface area (Å²) in [5.74, 6) is 0.616. The fraction of sp³-hybridized carbons (Fsp3) is 0.308. The number of hydrogen-bond donors (Lipinski definition) is 0. The fourth-order valence-electron chi connectivity index (χ4n) is 1.91. The molecule has 0 unspecified atom stereocenters. The molecule has 0 saturated heterocycles. The molecule has 2 rings (SSSR count). The number of rotatable bonds is 1. The first-order valence-electron chi connectivity index (χ1n) is 4.84. The van der Waals surface area contributed by atoms with Crippen LogP contribution in [0.3, 0.4) is 0 Å². The van der Waals surface area contributed by atoms with Crippen molar-refractivity contribution in [3.05, 3.63) is 41.5 Å². The van der Waals surface area contributed by atoms with Gasteiger partial charge in [0.25, 0.3) is 0 Å². The molecule has 0 radical (unpaired) electrons. The largest absolute Gasteiger partial charge is 0.165 e. The molecule has 72 valence electrons. The third-order valence-corrected chi connectivity index (χ3v) is 2.55. The van der Waals surface area contributed by atoms with Gasteiger partial charge in [0.05, 0.1) is 0 Å². The molecule has 0 amide bonds. The Bertz CT molecular complexity index is 424. The normalized spacial score (nSPS) is 10.6. The second kappa shape index (κ2) is 4.49. The summed E-state index contributed by atoms with van der Waals surface area (Å²) in [5.41, 5.74) is 2.83. The molecule has 0 heterocycles. The van der Waals surface area contributed by atoms with Crippen LogP contribution in [0, 0.1) is 6.92 Å². The zero-order chi connectivity index (χ0) is 9.42. The van der Waals surface area contributed by atoms with Crippen molar-refractivity contribution in [2.75, 3.05) is 0 Å². The molecule has 0 bridgehead atoms. The van der Waals surface area contributed by atoms with Gasteiger partial charge < -0.3 is 0 Å². The molecule has 2 aromatic carbocycles. The first-order valence-corrected chi connectivity index (χ1v) is 4.84. The standard InChI is InChI=1S/C13H15.Zr/c1-9(2)12-6-4-5-11-7-10(3)8-13(11)12;/h4-9H,1-3H3;/q-1;. The average Bonchev–Trinajstić information content (AvgIpc) is 2.43. The van der Waals surface area contributed by atoms with Crippen molar-refractivity contribution in [3.63, 3.8) is 0 Å². The molecular weight excluding hydrogens is 247 g/mol. The van der Waals surface area contributed by atoms with Crippen LogP contribution in [0.5, 0.6) is 0 Å². The summed E-state index contributed by atoms with van der Waals surface area (Å²) in [5, 5.41) is 2.80. The first kappa shape index (κ1) is 11.8. The predicted octanol–water partition coefficient (Wildman–Crippen LogP) is 3.99. The van der Waals surface area contributed by atoms with Crippen LogP contribution in [0.1, 0.15) is 30.9 Å². The Morgan fingerprint density at radius 1 is 1.21 bits per heavy atom. The van der Waals surface area contributed by atoms with Crippen LogP contribution in [0.2, 0.25) is 0 Å². The van der Waals surface area contributed by atoms with E-state index in [0.717, 1.165) is 0 Å². The Hall–Kier alpha value is -0.287. The Balaban J connectivity index is 0.000000980. The van der Waals surface area contributed by atoms with E-state index in [1.54, 1.807) is 0 Å². The van der Waals surface area contributed by atoms with Gasteiger partial charge in [-0.25, -0.2) is 0 Å². The van der Waals surface area contributed by atoms with Crippen molar-refractivity contribution >= 4 is 10.8 Å². The average molecular weight is 262 g/mol. The van der Waals surface area contributed by atoms with Gasteiger partial charge >= 0.3 is 0 Å². The number of hydrogen-bond acceptors (Lipinski definition) is 0. The Morgan fingerprint density at radius 2 is 1.93 bits per heavy atom. The predicted molar refractivity (Wildman–Crippen MR) is 58.4 cm³/mol. The van der Waals surface area contributed by atoms with Gasteiger partial charge in [0.1, 0.15) is 0 Å². The molecule has 0 aliphatic rings. The Labute approximate surface area is 105 Å². The second-order valence-corrected chi connectivity index (χ2v) is 4.04. The van der Waals surface area contributed by atoms with E-state index in [2.05, 4.69) is 51.1 Å². The molecule has 14 heavy (non-hydrogen) atoms. The van der Waals surface area contributed by atoms with E-state index in [-0.39, 0.29) is 26.2 Å². The van der Waals surface area contributed by atoms with E-state index in [9.17, 15) is 0 Å². The van der Waals surface area contributed by atoms with Crippen LogP contribution in [0.4, 0.5) is 0 Å². The topological polar surface area (TPSA) is 0 Å². The van der Waals surface area contributed by atoms with Gasteiger partial charge in [-0.1, -0.05) is 32.4 Å². The Kier molecular flexibility index (Phi) is 3.78. The smallest absolute Gasteiger partial charge is 0 e. The molecule has 0 N–H and O–H groups in total. The number of benzene rings is 1. The summed E-state index contributed by atoms with van der Waals surface area (Å²) in [6.07, 6.45) is 0. The summed E-state index contributed by atoms with van der Waals surface area (Å²) in [4.78, 5) is 0. The van der Waals surface area contributed by atoms with Crippen LogP contribution in [-0.2, 0) is 26.2 Å². The van der Waals surface area contributed by atoms with Crippen molar-refractivity contribution in [2.24, 2.45) is 0 Å². The van der Waals surface area contributed by atoms with Gasteiger partial charge in [0.2, 0.25) is 0 Å². The minimum atomic E-state index is 0. The van der Waals surface area contributed by atoms with Crippen LogP contribution in [-0.4, -0.2) is 0 Å². The molecule has 0 spiro atoms. The second-order valence-electron chi connectivity index (χ2n) is 4.04. The summed E-state index contributed by atoms with van der Waals surface area (Å²) in [6, 6.07) is 11.1. The quantitative estimate of drug-likeness (QED) is 0.682. The summed E-state index contributed by atoms with van der Waals surface area (Å²) < 4.78 is 0. The van der Waals surface area contributed by atoms with Gasteiger partial charge in [-0.15, -0.1) is 34.5 Å². The molecule has 0 atom stereocenters. The Morgan fingerprint density at radius 3 is 2.57 bits per heavy atom. The molecule has 1 heteroatoms. The van der Waals surface area contributed by atoms with Crippen molar-refractivity contribution in [3.8, 4) is 0 Å².